The van der Waals surface area contributed by atoms with Crippen molar-refractivity contribution in [2.75, 3.05) is 32.7 Å². The number of nitriles is 1. The zero-order valence-electron chi connectivity index (χ0n) is 16.8. The summed E-state index contributed by atoms with van der Waals surface area (Å²) in [6, 6.07) is 11.3. The van der Waals surface area contributed by atoms with Crippen LogP contribution in [0.1, 0.15) is 10.4 Å². The van der Waals surface area contributed by atoms with Crippen LogP contribution in [-0.4, -0.2) is 66.3 Å². The fourth-order valence-corrected chi connectivity index (χ4v) is 4.48. The van der Waals surface area contributed by atoms with Crippen LogP contribution in [0.2, 0.25) is 5.02 Å². The van der Waals surface area contributed by atoms with Crippen molar-refractivity contribution in [2.24, 2.45) is 10.1 Å². The van der Waals surface area contributed by atoms with E-state index in [0.717, 1.165) is 24.2 Å². The zero-order chi connectivity index (χ0) is 21.6. The number of nitrogens with one attached hydrogen (secondary N) is 2. The van der Waals surface area contributed by atoms with Gasteiger partial charge in [0.1, 0.15) is 0 Å². The second-order valence-electron chi connectivity index (χ2n) is 7.13. The van der Waals surface area contributed by atoms with Crippen molar-refractivity contribution in [1.29, 1.82) is 5.26 Å². The number of guanidine groups is 1. The van der Waals surface area contributed by atoms with E-state index in [9.17, 15) is 10.1 Å². The molecule has 4 rings (SSSR count). The number of hydrazone groups is 1. The predicted molar refractivity (Wildman–Crippen MR) is 122 cm³/mol. The van der Waals surface area contributed by atoms with E-state index in [4.69, 9.17) is 16.7 Å². The number of aliphatic imine (C=N–C) groups is 1. The summed E-state index contributed by atoms with van der Waals surface area (Å²) < 4.78 is 0. The molecule has 1 aromatic heterocycles. The van der Waals surface area contributed by atoms with Gasteiger partial charge in [-0.1, -0.05) is 29.8 Å². The van der Waals surface area contributed by atoms with Crippen LogP contribution in [0.3, 0.4) is 0 Å². The van der Waals surface area contributed by atoms with Crippen LogP contribution < -0.4 is 10.6 Å². The molecule has 2 aromatic rings. The Kier molecular flexibility index (Phi) is 6.82. The van der Waals surface area contributed by atoms with Gasteiger partial charge in [0.05, 0.1) is 24.8 Å². The predicted octanol–water partition coefficient (Wildman–Crippen LogP) is 1.89. The maximum Gasteiger partial charge on any atom is 0.237 e. The Morgan fingerprint density at radius 2 is 2.23 bits per heavy atom. The summed E-state index contributed by atoms with van der Waals surface area (Å²) in [4.78, 5) is 20.3. The highest BCUT2D eigenvalue weighted by Crippen LogP contribution is 2.22. The Bertz CT molecular complexity index is 1010. The summed E-state index contributed by atoms with van der Waals surface area (Å²) in [5.41, 5.74) is 1.65. The third-order valence-corrected chi connectivity index (χ3v) is 6.33. The molecule has 160 valence electrons. The molecule has 3 heterocycles. The zero-order valence-corrected chi connectivity index (χ0v) is 18.4. The lowest BCUT2D eigenvalue weighted by Crippen LogP contribution is -2.56. The molecule has 2 N–H and O–H groups in total. The number of thiophene rings is 1. The second-order valence-corrected chi connectivity index (χ2v) is 8.59. The van der Waals surface area contributed by atoms with Crippen molar-refractivity contribution in [2.45, 2.75) is 12.5 Å². The van der Waals surface area contributed by atoms with E-state index in [2.05, 4.69) is 21.7 Å². The van der Waals surface area contributed by atoms with Gasteiger partial charge in [-0.15, -0.1) is 11.3 Å². The van der Waals surface area contributed by atoms with Gasteiger partial charge in [-0.25, -0.2) is 5.01 Å². The monoisotopic (exact) mass is 455 g/mol. The number of halogens is 1. The van der Waals surface area contributed by atoms with Gasteiger partial charge in [0.25, 0.3) is 0 Å². The van der Waals surface area contributed by atoms with Gasteiger partial charge in [0, 0.05) is 41.5 Å². The normalized spacial score (nSPS) is 19.4. The molecule has 0 saturated carbocycles. The Hall–Kier alpha value is -2.93. The molecule has 1 atom stereocenters. The Morgan fingerprint density at radius 3 is 2.94 bits per heavy atom. The van der Waals surface area contributed by atoms with Crippen LogP contribution in [0, 0.1) is 11.5 Å². The summed E-state index contributed by atoms with van der Waals surface area (Å²) in [6.45, 7) is 2.59. The van der Waals surface area contributed by atoms with Crippen molar-refractivity contribution in [3.8, 4) is 6.19 Å². The first-order valence-corrected chi connectivity index (χ1v) is 11.3. The van der Waals surface area contributed by atoms with E-state index < -0.39 is 0 Å². The summed E-state index contributed by atoms with van der Waals surface area (Å²) in [7, 11) is 0. The topological polar surface area (TPSA) is 96.1 Å². The second kappa shape index (κ2) is 9.92. The average molecular weight is 456 g/mol. The van der Waals surface area contributed by atoms with Crippen LogP contribution in [0.15, 0.2) is 51.9 Å². The molecule has 2 aliphatic rings. The van der Waals surface area contributed by atoms with Crippen molar-refractivity contribution in [3.63, 3.8) is 0 Å². The number of hydrogen-bond donors (Lipinski definition) is 2. The number of rotatable bonds is 5. The van der Waals surface area contributed by atoms with E-state index >= 15 is 0 Å². The molecule has 10 heteroatoms. The van der Waals surface area contributed by atoms with E-state index in [1.165, 1.54) is 4.88 Å². The fourth-order valence-electron chi connectivity index (χ4n) is 3.65. The standard InChI is InChI=1S/C21H22ClN7OS/c22-16-5-3-15(4-6-16)20-18(28-10-9-24-12-19(28)30)13-29(27-20)21(26-14-23)25-8-7-17-2-1-11-31-17/h1-6,11,18,24H,7-10,12-13H2,(H,25,26). The Balaban J connectivity index is 1.60. The number of benzene rings is 1. The van der Waals surface area contributed by atoms with Gasteiger partial charge in [-0.3, -0.25) is 15.1 Å². The first kappa shape index (κ1) is 21.3. The molecule has 1 aromatic carbocycles. The molecular weight excluding hydrogens is 434 g/mol. The number of piperazine rings is 1. The third-order valence-electron chi connectivity index (χ3n) is 5.14. The molecule has 1 fully saturated rings. The highest BCUT2D eigenvalue weighted by Gasteiger charge is 2.37. The lowest BCUT2D eigenvalue weighted by molar-refractivity contribution is -0.132. The van der Waals surface area contributed by atoms with Gasteiger partial charge in [0.15, 0.2) is 6.19 Å². The number of hydrogen-bond acceptors (Lipinski definition) is 6. The largest absolute Gasteiger partial charge is 0.330 e. The highest BCUT2D eigenvalue weighted by atomic mass is 35.5. The number of carbonyl (C=O) groups is 1. The van der Waals surface area contributed by atoms with Gasteiger partial charge in [-0.2, -0.15) is 10.4 Å². The first-order valence-electron chi connectivity index (χ1n) is 10.00. The molecule has 1 amide bonds. The van der Waals surface area contributed by atoms with Crippen LogP contribution >= 0.6 is 22.9 Å². The molecule has 0 bridgehead atoms. The van der Waals surface area contributed by atoms with Crippen LogP contribution in [0.5, 0.6) is 0 Å². The quantitative estimate of drug-likeness (QED) is 0.310. The molecular formula is C21H22ClN7OS. The smallest absolute Gasteiger partial charge is 0.237 e. The first-order chi connectivity index (χ1) is 15.2. The summed E-state index contributed by atoms with van der Waals surface area (Å²) in [5.74, 6) is 0.416. The molecule has 2 aliphatic heterocycles. The lowest BCUT2D eigenvalue weighted by atomic mass is 10.0. The van der Waals surface area contributed by atoms with E-state index in [1.54, 1.807) is 16.3 Å². The van der Waals surface area contributed by atoms with Crippen LogP contribution in [0.4, 0.5) is 0 Å². The molecule has 1 saturated heterocycles. The van der Waals surface area contributed by atoms with E-state index in [-0.39, 0.29) is 11.9 Å². The van der Waals surface area contributed by atoms with Crippen LogP contribution in [0.25, 0.3) is 0 Å². The van der Waals surface area contributed by atoms with Crippen molar-refractivity contribution in [3.05, 3.63) is 57.2 Å². The number of carbonyl (C=O) groups excluding carboxylic acids is 1. The minimum atomic E-state index is -0.237. The molecule has 0 aliphatic carbocycles. The molecule has 8 nitrogen and oxygen atoms in total. The molecule has 0 radical (unpaired) electrons. The number of amides is 1. The summed E-state index contributed by atoms with van der Waals surface area (Å²) in [6.07, 6.45) is 2.74. The average Bonchev–Trinajstić information content (AvgIpc) is 3.44. The minimum absolute atomic E-state index is 0.0317. The van der Waals surface area contributed by atoms with Crippen molar-refractivity contribution in [1.82, 2.24) is 20.5 Å². The van der Waals surface area contributed by atoms with E-state index in [0.29, 0.717) is 37.2 Å². The van der Waals surface area contributed by atoms with Crippen LogP contribution in [-0.2, 0) is 11.2 Å². The fraction of sp³-hybridized carbons (Fsp3) is 0.333. The maximum atomic E-state index is 12.6. The Morgan fingerprint density at radius 1 is 1.39 bits per heavy atom. The molecule has 0 spiro atoms. The van der Waals surface area contributed by atoms with Gasteiger partial charge in [0.2, 0.25) is 11.9 Å². The van der Waals surface area contributed by atoms with Gasteiger partial charge < -0.3 is 10.2 Å². The highest BCUT2D eigenvalue weighted by molar-refractivity contribution is 7.09. The molecule has 31 heavy (non-hydrogen) atoms. The summed E-state index contributed by atoms with van der Waals surface area (Å²) >= 11 is 7.74. The number of nitrogens with zero attached hydrogens (tertiary/aromatic N) is 5. The third kappa shape index (κ3) is 5.05. The Labute approximate surface area is 189 Å². The SMILES string of the molecule is N#CNC(=NCCc1cccs1)N1CC(N2CCNCC2=O)C(c2ccc(Cl)cc2)=N1. The van der Waals surface area contributed by atoms with Crippen molar-refractivity contribution < 1.29 is 4.79 Å². The van der Waals surface area contributed by atoms with Gasteiger partial charge >= 0.3 is 0 Å². The summed E-state index contributed by atoms with van der Waals surface area (Å²) in [5, 5.41) is 24.1. The van der Waals surface area contributed by atoms with E-state index in [1.807, 2.05) is 46.8 Å². The molecule has 1 unspecified atom stereocenters. The maximum absolute atomic E-state index is 12.6. The minimum Gasteiger partial charge on any atom is -0.330 e. The van der Waals surface area contributed by atoms with Gasteiger partial charge in [-0.05, 0) is 23.6 Å². The van der Waals surface area contributed by atoms with Crippen molar-refractivity contribution >= 4 is 40.5 Å². The lowest BCUT2D eigenvalue weighted by Gasteiger charge is -2.33.